The summed E-state index contributed by atoms with van der Waals surface area (Å²) in [5.74, 6) is 0.982. The lowest BCUT2D eigenvalue weighted by Crippen LogP contribution is -2.24. The SMILES string of the molecule is CC(C)(CCCOc1ccccc1)CCNC1CC1. The van der Waals surface area contributed by atoms with E-state index in [1.165, 1.54) is 25.7 Å². The third-order valence-electron chi connectivity index (χ3n) is 3.82. The number of nitrogens with one attached hydrogen (secondary N) is 1. The summed E-state index contributed by atoms with van der Waals surface area (Å²) in [4.78, 5) is 0. The van der Waals surface area contributed by atoms with Gasteiger partial charge in [0, 0.05) is 6.04 Å². The average Bonchev–Trinajstić information content (AvgIpc) is 3.20. The number of hydrogen-bond acceptors (Lipinski definition) is 2. The summed E-state index contributed by atoms with van der Waals surface area (Å²) in [6.45, 7) is 6.72. The van der Waals surface area contributed by atoms with Gasteiger partial charge in [0.15, 0.2) is 0 Å². The Balaban J connectivity index is 1.55. The van der Waals surface area contributed by atoms with E-state index in [9.17, 15) is 0 Å². The van der Waals surface area contributed by atoms with Crippen molar-refractivity contribution in [1.29, 1.82) is 0 Å². The summed E-state index contributed by atoms with van der Waals surface area (Å²) >= 11 is 0. The molecule has 2 nitrogen and oxygen atoms in total. The maximum absolute atomic E-state index is 5.74. The van der Waals surface area contributed by atoms with Crippen molar-refractivity contribution in [3.05, 3.63) is 30.3 Å². The van der Waals surface area contributed by atoms with Crippen LogP contribution in [0.25, 0.3) is 0 Å². The summed E-state index contributed by atoms with van der Waals surface area (Å²) in [5.41, 5.74) is 0.419. The van der Waals surface area contributed by atoms with E-state index >= 15 is 0 Å². The largest absolute Gasteiger partial charge is 0.494 e. The fraction of sp³-hybridized carbons (Fsp3) is 0.647. The van der Waals surface area contributed by atoms with Crippen LogP contribution in [0.15, 0.2) is 30.3 Å². The highest BCUT2D eigenvalue weighted by molar-refractivity contribution is 5.20. The molecule has 0 amide bonds. The van der Waals surface area contributed by atoms with Crippen LogP contribution < -0.4 is 10.1 Å². The zero-order valence-corrected chi connectivity index (χ0v) is 12.3. The van der Waals surface area contributed by atoms with Gasteiger partial charge < -0.3 is 10.1 Å². The monoisotopic (exact) mass is 261 g/mol. The Morgan fingerprint density at radius 1 is 1.16 bits per heavy atom. The molecule has 0 unspecified atom stereocenters. The molecule has 1 aromatic rings. The lowest BCUT2D eigenvalue weighted by atomic mass is 9.84. The second-order valence-corrected chi connectivity index (χ2v) is 6.41. The number of hydrogen-bond donors (Lipinski definition) is 1. The third-order valence-corrected chi connectivity index (χ3v) is 3.82. The summed E-state index contributed by atoms with van der Waals surface area (Å²) < 4.78 is 5.74. The summed E-state index contributed by atoms with van der Waals surface area (Å²) in [7, 11) is 0. The molecule has 1 aliphatic carbocycles. The lowest BCUT2D eigenvalue weighted by Gasteiger charge is -2.24. The fourth-order valence-corrected chi connectivity index (χ4v) is 2.28. The van der Waals surface area contributed by atoms with Crippen LogP contribution in [0.5, 0.6) is 5.75 Å². The number of ether oxygens (including phenoxy) is 1. The van der Waals surface area contributed by atoms with Gasteiger partial charge in [0.05, 0.1) is 6.61 Å². The standard InChI is InChI=1S/C17H27NO/c1-17(2,12-13-18-15-9-10-15)11-6-14-19-16-7-4-3-5-8-16/h3-5,7-8,15,18H,6,9-14H2,1-2H3. The van der Waals surface area contributed by atoms with E-state index in [1.807, 2.05) is 30.3 Å². The Morgan fingerprint density at radius 2 is 1.89 bits per heavy atom. The zero-order chi connectivity index (χ0) is 13.6. The van der Waals surface area contributed by atoms with Gasteiger partial charge in [-0.3, -0.25) is 0 Å². The minimum Gasteiger partial charge on any atom is -0.494 e. The molecular formula is C17H27NO. The molecule has 1 aromatic carbocycles. The first-order valence-corrected chi connectivity index (χ1v) is 7.57. The molecule has 19 heavy (non-hydrogen) atoms. The van der Waals surface area contributed by atoms with Gasteiger partial charge in [-0.1, -0.05) is 32.0 Å². The first-order valence-electron chi connectivity index (χ1n) is 7.57. The number of benzene rings is 1. The first kappa shape index (κ1) is 14.4. The molecular weight excluding hydrogens is 234 g/mol. The highest BCUT2D eigenvalue weighted by atomic mass is 16.5. The number of para-hydroxylation sites is 1. The smallest absolute Gasteiger partial charge is 0.119 e. The highest BCUT2D eigenvalue weighted by Crippen LogP contribution is 2.27. The van der Waals surface area contributed by atoms with Crippen molar-refractivity contribution in [3.63, 3.8) is 0 Å². The van der Waals surface area contributed by atoms with E-state index < -0.39 is 0 Å². The van der Waals surface area contributed by atoms with Gasteiger partial charge in [-0.25, -0.2) is 0 Å². The quantitative estimate of drug-likeness (QED) is 0.678. The van der Waals surface area contributed by atoms with Crippen molar-refractivity contribution in [2.75, 3.05) is 13.2 Å². The van der Waals surface area contributed by atoms with Crippen LogP contribution in [-0.2, 0) is 0 Å². The van der Waals surface area contributed by atoms with Crippen LogP contribution in [0.4, 0.5) is 0 Å². The second-order valence-electron chi connectivity index (χ2n) is 6.41. The molecule has 0 radical (unpaired) electrons. The molecule has 0 aliphatic heterocycles. The van der Waals surface area contributed by atoms with Crippen molar-refractivity contribution < 1.29 is 4.74 Å². The molecule has 0 spiro atoms. The predicted octanol–water partition coefficient (Wildman–Crippen LogP) is 4.01. The van der Waals surface area contributed by atoms with E-state index in [0.29, 0.717) is 5.41 Å². The average molecular weight is 261 g/mol. The molecule has 0 aromatic heterocycles. The Kier molecular flexibility index (Phi) is 5.26. The van der Waals surface area contributed by atoms with Gasteiger partial charge in [-0.15, -0.1) is 0 Å². The normalized spacial score (nSPS) is 15.5. The van der Waals surface area contributed by atoms with Crippen LogP contribution in [0, 0.1) is 5.41 Å². The van der Waals surface area contributed by atoms with Gasteiger partial charge in [-0.2, -0.15) is 0 Å². The fourth-order valence-electron chi connectivity index (χ4n) is 2.28. The van der Waals surface area contributed by atoms with E-state index in [1.54, 1.807) is 0 Å². The van der Waals surface area contributed by atoms with E-state index in [2.05, 4.69) is 19.2 Å². The van der Waals surface area contributed by atoms with Gasteiger partial charge in [0.2, 0.25) is 0 Å². The van der Waals surface area contributed by atoms with E-state index in [0.717, 1.165) is 31.4 Å². The van der Waals surface area contributed by atoms with Gasteiger partial charge in [0.25, 0.3) is 0 Å². The Morgan fingerprint density at radius 3 is 2.58 bits per heavy atom. The first-order chi connectivity index (χ1) is 9.16. The molecule has 1 saturated carbocycles. The zero-order valence-electron chi connectivity index (χ0n) is 12.3. The molecule has 0 heterocycles. The molecule has 2 heteroatoms. The van der Waals surface area contributed by atoms with Crippen LogP contribution >= 0.6 is 0 Å². The van der Waals surface area contributed by atoms with Crippen molar-refractivity contribution in [2.24, 2.45) is 5.41 Å². The second kappa shape index (κ2) is 6.95. The van der Waals surface area contributed by atoms with Crippen molar-refractivity contribution >= 4 is 0 Å². The third kappa shape index (κ3) is 6.11. The van der Waals surface area contributed by atoms with E-state index in [-0.39, 0.29) is 0 Å². The Hall–Kier alpha value is -1.02. The molecule has 0 bridgehead atoms. The molecule has 2 rings (SSSR count). The molecule has 1 fully saturated rings. The highest BCUT2D eigenvalue weighted by Gasteiger charge is 2.22. The van der Waals surface area contributed by atoms with Crippen molar-refractivity contribution in [2.45, 2.75) is 52.0 Å². The van der Waals surface area contributed by atoms with Crippen LogP contribution in [0.3, 0.4) is 0 Å². The van der Waals surface area contributed by atoms with Crippen molar-refractivity contribution in [1.82, 2.24) is 5.32 Å². The minimum absolute atomic E-state index is 0.419. The minimum atomic E-state index is 0.419. The summed E-state index contributed by atoms with van der Waals surface area (Å²) in [6.07, 6.45) is 6.38. The summed E-state index contributed by atoms with van der Waals surface area (Å²) in [6, 6.07) is 10.9. The molecule has 1 aliphatic rings. The molecule has 0 saturated heterocycles. The van der Waals surface area contributed by atoms with Crippen LogP contribution in [-0.4, -0.2) is 19.2 Å². The van der Waals surface area contributed by atoms with Gasteiger partial charge in [-0.05, 0) is 56.2 Å². The maximum Gasteiger partial charge on any atom is 0.119 e. The molecule has 0 atom stereocenters. The van der Waals surface area contributed by atoms with Crippen molar-refractivity contribution in [3.8, 4) is 5.75 Å². The Bertz CT molecular complexity index is 357. The molecule has 106 valence electrons. The lowest BCUT2D eigenvalue weighted by molar-refractivity contribution is 0.244. The molecule has 1 N–H and O–H groups in total. The van der Waals surface area contributed by atoms with E-state index in [4.69, 9.17) is 4.74 Å². The summed E-state index contributed by atoms with van der Waals surface area (Å²) in [5, 5.41) is 3.60. The van der Waals surface area contributed by atoms with Gasteiger partial charge >= 0.3 is 0 Å². The Labute approximate surface area is 117 Å². The maximum atomic E-state index is 5.74. The topological polar surface area (TPSA) is 21.3 Å². The predicted molar refractivity (Wildman–Crippen MR) is 80.6 cm³/mol. The number of rotatable bonds is 9. The van der Waals surface area contributed by atoms with Gasteiger partial charge in [0.1, 0.15) is 5.75 Å². The van der Waals surface area contributed by atoms with Crippen LogP contribution in [0.2, 0.25) is 0 Å². The van der Waals surface area contributed by atoms with Crippen LogP contribution in [0.1, 0.15) is 46.0 Å².